The number of nitrogens with two attached hydrogens (primary N) is 1. The summed E-state index contributed by atoms with van der Waals surface area (Å²) in [7, 11) is -3.73. The third kappa shape index (κ3) is 5.63. The minimum atomic E-state index is -3.73. The highest BCUT2D eigenvalue weighted by Crippen LogP contribution is 2.24. The van der Waals surface area contributed by atoms with Crippen LogP contribution in [0.1, 0.15) is 20.8 Å². The Morgan fingerprint density at radius 3 is 2.42 bits per heavy atom. The molecule has 0 saturated heterocycles. The van der Waals surface area contributed by atoms with Crippen LogP contribution in [0.5, 0.6) is 0 Å². The summed E-state index contributed by atoms with van der Waals surface area (Å²) >= 11 is 3.37. The van der Waals surface area contributed by atoms with Gasteiger partial charge in [0.15, 0.2) is 0 Å². The lowest BCUT2D eigenvalue weighted by molar-refractivity contribution is 0.0745. The molecule has 0 aliphatic rings. The van der Waals surface area contributed by atoms with Crippen molar-refractivity contribution in [1.82, 2.24) is 9.97 Å². The molecule has 0 spiro atoms. The number of aliphatic hydroxyl groups is 1. The Hall–Kier alpha value is -1.75. The SMILES string of the molecule is CC(C)(C)C(O)CNc1nc(Nc2ccc(S(N)(=O)=O)cc2)ncc1Br. The number of nitrogens with zero attached hydrogens (tertiary/aromatic N) is 2. The zero-order chi connectivity index (χ0) is 19.5. The van der Waals surface area contributed by atoms with E-state index in [0.29, 0.717) is 28.5 Å². The molecule has 0 bridgehead atoms. The second-order valence-corrected chi connectivity index (χ2v) is 9.26. The maximum Gasteiger partial charge on any atom is 0.238 e. The monoisotopic (exact) mass is 443 g/mol. The van der Waals surface area contributed by atoms with E-state index in [-0.39, 0.29) is 10.3 Å². The molecule has 5 N–H and O–H groups in total. The van der Waals surface area contributed by atoms with E-state index < -0.39 is 16.1 Å². The highest BCUT2D eigenvalue weighted by atomic mass is 79.9. The molecule has 26 heavy (non-hydrogen) atoms. The van der Waals surface area contributed by atoms with E-state index in [1.165, 1.54) is 12.1 Å². The van der Waals surface area contributed by atoms with E-state index in [0.717, 1.165) is 0 Å². The molecular formula is C16H22BrN5O3S. The molecule has 1 atom stereocenters. The fourth-order valence-corrected chi connectivity index (χ4v) is 2.75. The first-order valence-corrected chi connectivity index (χ1v) is 10.1. The Balaban J connectivity index is 2.11. The number of aliphatic hydroxyl groups excluding tert-OH is 1. The fourth-order valence-electron chi connectivity index (χ4n) is 1.91. The van der Waals surface area contributed by atoms with Gasteiger partial charge in [0.2, 0.25) is 16.0 Å². The number of halogens is 1. The van der Waals surface area contributed by atoms with Crippen molar-refractivity contribution in [3.63, 3.8) is 0 Å². The summed E-state index contributed by atoms with van der Waals surface area (Å²) in [5, 5.41) is 21.3. The van der Waals surface area contributed by atoms with E-state index in [2.05, 4.69) is 36.5 Å². The number of aromatic nitrogens is 2. The molecule has 1 heterocycles. The number of hydrogen-bond donors (Lipinski definition) is 4. The molecule has 1 aromatic heterocycles. The highest BCUT2D eigenvalue weighted by Gasteiger charge is 2.22. The van der Waals surface area contributed by atoms with Gasteiger partial charge in [-0.1, -0.05) is 20.8 Å². The van der Waals surface area contributed by atoms with Crippen molar-refractivity contribution in [2.24, 2.45) is 10.6 Å². The Bertz CT molecular complexity index is 866. The van der Waals surface area contributed by atoms with Gasteiger partial charge in [0, 0.05) is 18.4 Å². The number of primary sulfonamides is 1. The topological polar surface area (TPSA) is 130 Å². The van der Waals surface area contributed by atoms with Crippen LogP contribution in [0.15, 0.2) is 39.8 Å². The summed E-state index contributed by atoms with van der Waals surface area (Å²) in [6, 6.07) is 5.94. The predicted octanol–water partition coefficient (Wildman–Crippen LogP) is 2.45. The lowest BCUT2D eigenvalue weighted by atomic mass is 9.89. The first kappa shape index (κ1) is 20.6. The van der Waals surface area contributed by atoms with Crippen LogP contribution in [0.4, 0.5) is 17.5 Å². The molecule has 1 unspecified atom stereocenters. The summed E-state index contributed by atoms with van der Waals surface area (Å²) in [5.41, 5.74) is 0.360. The van der Waals surface area contributed by atoms with Gasteiger partial charge >= 0.3 is 0 Å². The minimum Gasteiger partial charge on any atom is -0.391 e. The number of sulfonamides is 1. The summed E-state index contributed by atoms with van der Waals surface area (Å²) in [6.07, 6.45) is 1.03. The number of hydrogen-bond acceptors (Lipinski definition) is 7. The molecule has 2 rings (SSSR count). The maximum atomic E-state index is 11.3. The van der Waals surface area contributed by atoms with E-state index in [9.17, 15) is 13.5 Å². The smallest absolute Gasteiger partial charge is 0.238 e. The molecule has 0 radical (unpaired) electrons. The molecule has 142 valence electrons. The summed E-state index contributed by atoms with van der Waals surface area (Å²) in [6.45, 7) is 6.19. The van der Waals surface area contributed by atoms with Crippen molar-refractivity contribution >= 4 is 43.4 Å². The lowest BCUT2D eigenvalue weighted by Crippen LogP contribution is -2.33. The van der Waals surface area contributed by atoms with Crippen LogP contribution >= 0.6 is 15.9 Å². The van der Waals surface area contributed by atoms with Crippen LogP contribution in [0.25, 0.3) is 0 Å². The first-order chi connectivity index (χ1) is 12.0. The van der Waals surface area contributed by atoms with Crippen LogP contribution in [-0.2, 0) is 10.0 Å². The number of anilines is 3. The molecule has 10 heteroatoms. The molecular weight excluding hydrogens is 422 g/mol. The fraction of sp³-hybridized carbons (Fsp3) is 0.375. The third-order valence-electron chi connectivity index (χ3n) is 3.65. The Morgan fingerprint density at radius 2 is 1.88 bits per heavy atom. The van der Waals surface area contributed by atoms with Gasteiger partial charge in [0.25, 0.3) is 0 Å². The van der Waals surface area contributed by atoms with Crippen LogP contribution < -0.4 is 15.8 Å². The highest BCUT2D eigenvalue weighted by molar-refractivity contribution is 9.10. The first-order valence-electron chi connectivity index (χ1n) is 7.81. The van der Waals surface area contributed by atoms with Gasteiger partial charge < -0.3 is 15.7 Å². The van der Waals surface area contributed by atoms with Crippen molar-refractivity contribution in [3.8, 4) is 0 Å². The molecule has 0 aliphatic carbocycles. The second kappa shape index (κ2) is 7.87. The maximum absolute atomic E-state index is 11.3. The van der Waals surface area contributed by atoms with Crippen LogP contribution in [0, 0.1) is 5.41 Å². The Morgan fingerprint density at radius 1 is 1.27 bits per heavy atom. The molecule has 0 fully saturated rings. The van der Waals surface area contributed by atoms with Crippen molar-refractivity contribution < 1.29 is 13.5 Å². The van der Waals surface area contributed by atoms with Crippen molar-refractivity contribution in [2.45, 2.75) is 31.8 Å². The summed E-state index contributed by atoms with van der Waals surface area (Å²) in [4.78, 5) is 8.55. The molecule has 2 aromatic rings. The van der Waals surface area contributed by atoms with Gasteiger partial charge in [-0.15, -0.1) is 0 Å². The molecule has 1 aromatic carbocycles. The number of nitrogens with one attached hydrogen (secondary N) is 2. The van der Waals surface area contributed by atoms with Crippen molar-refractivity contribution in [1.29, 1.82) is 0 Å². The average molecular weight is 444 g/mol. The minimum absolute atomic E-state index is 0.0262. The third-order valence-corrected chi connectivity index (χ3v) is 5.16. The molecule has 0 aliphatic heterocycles. The van der Waals surface area contributed by atoms with Crippen LogP contribution in [0.3, 0.4) is 0 Å². The second-order valence-electron chi connectivity index (χ2n) is 6.85. The lowest BCUT2D eigenvalue weighted by Gasteiger charge is -2.26. The van der Waals surface area contributed by atoms with E-state index in [1.54, 1.807) is 18.3 Å². The molecule has 8 nitrogen and oxygen atoms in total. The predicted molar refractivity (Wildman–Crippen MR) is 105 cm³/mol. The van der Waals surface area contributed by atoms with Crippen molar-refractivity contribution in [2.75, 3.05) is 17.2 Å². The van der Waals surface area contributed by atoms with E-state index in [1.807, 2.05) is 20.8 Å². The van der Waals surface area contributed by atoms with Crippen molar-refractivity contribution in [3.05, 3.63) is 34.9 Å². The summed E-state index contributed by atoms with van der Waals surface area (Å²) in [5.74, 6) is 0.858. The van der Waals surface area contributed by atoms with E-state index >= 15 is 0 Å². The Kier molecular flexibility index (Phi) is 6.22. The largest absolute Gasteiger partial charge is 0.391 e. The van der Waals surface area contributed by atoms with E-state index in [4.69, 9.17) is 5.14 Å². The van der Waals surface area contributed by atoms with Crippen LogP contribution in [-0.4, -0.2) is 36.1 Å². The zero-order valence-electron chi connectivity index (χ0n) is 14.7. The van der Waals surface area contributed by atoms with Gasteiger partial charge in [0.05, 0.1) is 15.5 Å². The quantitative estimate of drug-likeness (QED) is 0.538. The van der Waals surface area contributed by atoms with Gasteiger partial charge in [-0.2, -0.15) is 4.98 Å². The molecule has 0 saturated carbocycles. The van der Waals surface area contributed by atoms with Crippen LogP contribution in [0.2, 0.25) is 0 Å². The van der Waals surface area contributed by atoms with Gasteiger partial charge in [-0.3, -0.25) is 0 Å². The van der Waals surface area contributed by atoms with Gasteiger partial charge in [0.1, 0.15) is 5.82 Å². The summed E-state index contributed by atoms with van der Waals surface area (Å²) < 4.78 is 23.2. The number of benzene rings is 1. The Labute approximate surface area is 161 Å². The number of rotatable bonds is 6. The normalized spacial score (nSPS) is 13.3. The standard InChI is InChI=1S/C16H22BrN5O3S/c1-16(2,3)13(23)9-19-14-12(17)8-20-15(22-14)21-10-4-6-11(7-5-10)26(18,24)25/h4-8,13,23H,9H2,1-3H3,(H2,18,24,25)(H2,19,20,21,22). The van der Waals surface area contributed by atoms with Gasteiger partial charge in [-0.05, 0) is 45.6 Å². The van der Waals surface area contributed by atoms with Gasteiger partial charge in [-0.25, -0.2) is 18.5 Å². The molecule has 0 amide bonds. The average Bonchev–Trinajstić information content (AvgIpc) is 2.53. The zero-order valence-corrected chi connectivity index (χ0v) is 17.1.